The van der Waals surface area contributed by atoms with Gasteiger partial charge in [0.15, 0.2) is 0 Å². The van der Waals surface area contributed by atoms with Crippen LogP contribution in [-0.2, 0) is 31.5 Å². The van der Waals surface area contributed by atoms with Gasteiger partial charge in [0, 0.05) is 30.1 Å². The molecule has 3 aromatic carbocycles. The third-order valence-electron chi connectivity index (χ3n) is 6.20. The van der Waals surface area contributed by atoms with E-state index in [1.165, 1.54) is 0 Å². The Morgan fingerprint density at radius 2 is 1.81 bits per heavy atom. The Bertz CT molecular complexity index is 1650. The van der Waals surface area contributed by atoms with Crippen molar-refractivity contribution in [3.8, 4) is 17.2 Å². The van der Waals surface area contributed by atoms with Crippen molar-refractivity contribution in [2.75, 3.05) is 0 Å². The molecule has 5 rings (SSSR count). The van der Waals surface area contributed by atoms with E-state index in [0.29, 0.717) is 30.3 Å². The molecule has 0 fully saturated rings. The number of benzene rings is 3. The molecule has 0 aliphatic carbocycles. The fraction of sp³-hybridized carbons (Fsp3) is 0.138. The van der Waals surface area contributed by atoms with Gasteiger partial charge >= 0.3 is 0 Å². The average Bonchev–Trinajstić information content (AvgIpc) is 3.33. The van der Waals surface area contributed by atoms with Crippen molar-refractivity contribution in [1.29, 1.82) is 5.26 Å². The molecule has 0 N–H and O–H groups in total. The number of nitriles is 1. The number of rotatable bonds is 7. The monoisotopic (exact) mass is 494 g/mol. The summed E-state index contributed by atoms with van der Waals surface area (Å²) < 4.78 is 9.74. The zero-order valence-electron chi connectivity index (χ0n) is 19.7. The molecule has 0 unspecified atom stereocenters. The zero-order chi connectivity index (χ0) is 25.1. The van der Waals surface area contributed by atoms with Crippen LogP contribution < -0.4 is 5.56 Å². The first-order valence-electron chi connectivity index (χ1n) is 11.5. The van der Waals surface area contributed by atoms with Gasteiger partial charge in [-0.15, -0.1) is 0 Å². The van der Waals surface area contributed by atoms with Crippen molar-refractivity contribution in [3.05, 3.63) is 123 Å². The number of nitrogens with zero attached hydrogens (tertiary/aromatic N) is 4. The molecule has 0 saturated carbocycles. The SMILES string of the molecule is Cn1c(=O)cc(-c2cccc(Cl)c2)c2cc(COCc3cncn3Cc3ccc(C#N)cc3)ccc21. The van der Waals surface area contributed by atoms with E-state index in [2.05, 4.69) is 17.1 Å². The topological polar surface area (TPSA) is 72.8 Å². The van der Waals surface area contributed by atoms with E-state index in [0.717, 1.165) is 38.9 Å². The fourth-order valence-corrected chi connectivity index (χ4v) is 4.45. The van der Waals surface area contributed by atoms with Crippen LogP contribution in [-0.4, -0.2) is 14.1 Å². The smallest absolute Gasteiger partial charge is 0.251 e. The maximum atomic E-state index is 12.6. The van der Waals surface area contributed by atoms with E-state index >= 15 is 0 Å². The van der Waals surface area contributed by atoms with Crippen LogP contribution in [0.2, 0.25) is 5.02 Å². The molecule has 0 atom stereocenters. The number of hydrogen-bond acceptors (Lipinski definition) is 4. The Morgan fingerprint density at radius 3 is 2.58 bits per heavy atom. The molecule has 0 spiro atoms. The van der Waals surface area contributed by atoms with E-state index in [9.17, 15) is 4.79 Å². The summed E-state index contributed by atoms with van der Waals surface area (Å²) in [5, 5.41) is 10.6. The zero-order valence-corrected chi connectivity index (χ0v) is 20.4. The Morgan fingerprint density at radius 1 is 1.00 bits per heavy atom. The predicted octanol–water partition coefficient (Wildman–Crippen LogP) is 5.69. The van der Waals surface area contributed by atoms with Gasteiger partial charge in [0.2, 0.25) is 0 Å². The Balaban J connectivity index is 1.35. The summed E-state index contributed by atoms with van der Waals surface area (Å²) in [5.74, 6) is 0. The molecule has 0 bridgehead atoms. The number of ether oxygens (including phenoxy) is 1. The van der Waals surface area contributed by atoms with Gasteiger partial charge in [0.25, 0.3) is 5.56 Å². The summed E-state index contributed by atoms with van der Waals surface area (Å²) in [6.07, 6.45) is 3.59. The minimum atomic E-state index is -0.0722. The molecule has 0 saturated heterocycles. The highest BCUT2D eigenvalue weighted by Gasteiger charge is 2.11. The first-order valence-corrected chi connectivity index (χ1v) is 11.8. The lowest BCUT2D eigenvalue weighted by Crippen LogP contribution is -2.16. The van der Waals surface area contributed by atoms with E-state index < -0.39 is 0 Å². The van der Waals surface area contributed by atoms with Crippen molar-refractivity contribution in [1.82, 2.24) is 14.1 Å². The molecule has 2 heterocycles. The molecule has 0 radical (unpaired) electrons. The lowest BCUT2D eigenvalue weighted by atomic mass is 9.99. The quantitative estimate of drug-likeness (QED) is 0.291. The molecule has 2 aromatic heterocycles. The van der Waals surface area contributed by atoms with Gasteiger partial charge < -0.3 is 13.9 Å². The van der Waals surface area contributed by atoms with Crippen molar-refractivity contribution < 1.29 is 4.74 Å². The van der Waals surface area contributed by atoms with Crippen LogP contribution in [0, 0.1) is 11.3 Å². The molecule has 6 nitrogen and oxygen atoms in total. The van der Waals surface area contributed by atoms with Crippen LogP contribution in [0.4, 0.5) is 0 Å². The standard InChI is InChI=1S/C29H23ClN4O2/c1-33-28-10-9-22(11-27(28)26(13-29(33)35)23-3-2-4-24(30)12-23)17-36-18-25-15-32-19-34(25)16-21-7-5-20(14-31)6-8-21/h2-13,15,19H,16-18H2,1H3. The minimum absolute atomic E-state index is 0.0722. The maximum absolute atomic E-state index is 12.6. The van der Waals surface area contributed by atoms with Crippen LogP contribution in [0.1, 0.15) is 22.4 Å². The van der Waals surface area contributed by atoms with Crippen molar-refractivity contribution in [3.63, 3.8) is 0 Å². The van der Waals surface area contributed by atoms with Crippen LogP contribution >= 0.6 is 11.6 Å². The molecule has 0 aliphatic rings. The fourth-order valence-electron chi connectivity index (χ4n) is 4.26. The number of imidazole rings is 1. The second kappa shape index (κ2) is 10.2. The second-order valence-corrected chi connectivity index (χ2v) is 9.07. The van der Waals surface area contributed by atoms with Crippen molar-refractivity contribution >= 4 is 22.5 Å². The van der Waals surface area contributed by atoms with Crippen LogP contribution in [0.25, 0.3) is 22.0 Å². The Kier molecular flexibility index (Phi) is 6.68. The molecule has 36 heavy (non-hydrogen) atoms. The van der Waals surface area contributed by atoms with Gasteiger partial charge in [-0.1, -0.05) is 41.9 Å². The van der Waals surface area contributed by atoms with E-state index in [1.54, 1.807) is 30.2 Å². The molecule has 5 aromatic rings. The number of hydrogen-bond donors (Lipinski definition) is 0. The lowest BCUT2D eigenvalue weighted by molar-refractivity contribution is 0.102. The molecule has 0 aliphatic heterocycles. The van der Waals surface area contributed by atoms with Gasteiger partial charge in [0.1, 0.15) is 0 Å². The highest BCUT2D eigenvalue weighted by Crippen LogP contribution is 2.29. The highest BCUT2D eigenvalue weighted by molar-refractivity contribution is 6.30. The second-order valence-electron chi connectivity index (χ2n) is 8.63. The summed E-state index contributed by atoms with van der Waals surface area (Å²) in [5.41, 5.74) is 6.21. The number of aryl methyl sites for hydroxylation is 1. The molecule has 7 heteroatoms. The Hall–Kier alpha value is -4.18. The third kappa shape index (κ3) is 4.94. The number of pyridine rings is 1. The molecule has 0 amide bonds. The van der Waals surface area contributed by atoms with E-state index in [1.807, 2.05) is 65.2 Å². The molecular weight excluding hydrogens is 472 g/mol. The number of halogens is 1. The van der Waals surface area contributed by atoms with E-state index in [-0.39, 0.29) is 5.56 Å². The summed E-state index contributed by atoms with van der Waals surface area (Å²) >= 11 is 6.22. The summed E-state index contributed by atoms with van der Waals surface area (Å²) in [6.45, 7) is 1.47. The average molecular weight is 495 g/mol. The maximum Gasteiger partial charge on any atom is 0.251 e. The summed E-state index contributed by atoms with van der Waals surface area (Å²) in [4.78, 5) is 16.9. The summed E-state index contributed by atoms with van der Waals surface area (Å²) in [7, 11) is 1.78. The van der Waals surface area contributed by atoms with Gasteiger partial charge in [-0.25, -0.2) is 4.98 Å². The van der Waals surface area contributed by atoms with Gasteiger partial charge in [-0.2, -0.15) is 5.26 Å². The Labute approximate surface area is 213 Å². The highest BCUT2D eigenvalue weighted by atomic mass is 35.5. The van der Waals surface area contributed by atoms with Gasteiger partial charge in [-0.3, -0.25) is 4.79 Å². The lowest BCUT2D eigenvalue weighted by Gasteiger charge is -2.13. The number of aromatic nitrogens is 3. The minimum Gasteiger partial charge on any atom is -0.371 e. The largest absolute Gasteiger partial charge is 0.371 e. The first kappa shape index (κ1) is 23.6. The summed E-state index contributed by atoms with van der Waals surface area (Å²) in [6, 6.07) is 24.9. The molecular formula is C29H23ClN4O2. The first-order chi connectivity index (χ1) is 17.5. The van der Waals surface area contributed by atoms with Crippen molar-refractivity contribution in [2.24, 2.45) is 7.05 Å². The van der Waals surface area contributed by atoms with Gasteiger partial charge in [-0.05, 0) is 58.7 Å². The third-order valence-corrected chi connectivity index (χ3v) is 6.43. The van der Waals surface area contributed by atoms with Crippen LogP contribution in [0.15, 0.2) is 90.1 Å². The van der Waals surface area contributed by atoms with Crippen molar-refractivity contribution in [2.45, 2.75) is 19.8 Å². The van der Waals surface area contributed by atoms with E-state index in [4.69, 9.17) is 21.6 Å². The van der Waals surface area contributed by atoms with Gasteiger partial charge in [0.05, 0.1) is 48.6 Å². The number of fused-ring (bicyclic) bond motifs is 1. The van der Waals surface area contributed by atoms with Crippen LogP contribution in [0.5, 0.6) is 0 Å². The van der Waals surface area contributed by atoms with Crippen LogP contribution in [0.3, 0.4) is 0 Å². The predicted molar refractivity (Wildman–Crippen MR) is 141 cm³/mol. The normalized spacial score (nSPS) is 11.0. The molecule has 178 valence electrons.